The highest BCUT2D eigenvalue weighted by atomic mass is 16.1. The van der Waals surface area contributed by atoms with E-state index in [1.165, 1.54) is 79.9 Å². The largest absolute Gasteiger partial charge is 0.311 e. The summed E-state index contributed by atoms with van der Waals surface area (Å²) >= 11 is 0. The Morgan fingerprint density at radius 2 is 0.882 bits per heavy atom. The van der Waals surface area contributed by atoms with Gasteiger partial charge in [-0.15, -0.1) is 0 Å². The summed E-state index contributed by atoms with van der Waals surface area (Å²) in [7, 11) is 0.469. The molecule has 0 saturated carbocycles. The molecule has 0 spiro atoms. The molecule has 0 amide bonds. The van der Waals surface area contributed by atoms with E-state index in [1.807, 2.05) is 36.4 Å². The highest BCUT2D eigenvalue weighted by Gasteiger charge is 2.42. The van der Waals surface area contributed by atoms with Crippen molar-refractivity contribution >= 4 is 13.6 Å². The summed E-state index contributed by atoms with van der Waals surface area (Å²) in [5.74, 6) is 0.273. The lowest BCUT2D eigenvalue weighted by molar-refractivity contribution is -0.948. The third kappa shape index (κ3) is 10.4. The Morgan fingerprint density at radius 1 is 0.529 bits per heavy atom. The second-order valence-electron chi connectivity index (χ2n) is 13.6. The quantitative estimate of drug-likeness (QED) is 0.0367. The van der Waals surface area contributed by atoms with Crippen molar-refractivity contribution in [1.29, 1.82) is 0 Å². The molecule has 2 nitrogen and oxygen atoms in total. The van der Waals surface area contributed by atoms with Crippen LogP contribution >= 0.6 is 0 Å². The minimum atomic E-state index is -0.117. The van der Waals surface area contributed by atoms with Crippen LogP contribution < -0.4 is 0 Å². The molecule has 1 atom stereocenters. The minimum Gasteiger partial charge on any atom is -0.311 e. The summed E-state index contributed by atoms with van der Waals surface area (Å²) in [4.78, 5) is 13.9. The number of ketones is 1. The number of rotatable bonds is 19. The molecule has 0 aliphatic carbocycles. The Morgan fingerprint density at radius 3 is 1.24 bits per heavy atom. The lowest BCUT2D eigenvalue weighted by atomic mass is 9.66. The first-order valence-electron chi connectivity index (χ1n) is 19.0. The van der Waals surface area contributed by atoms with E-state index in [1.54, 1.807) is 0 Å². The maximum atomic E-state index is 13.9. The number of quaternary nitrogens is 1. The molecule has 0 aliphatic rings. The fraction of sp³-hybridized carbons (Fsp3) is 0.354. The number of hydrogen-bond donors (Lipinski definition) is 0. The summed E-state index contributed by atoms with van der Waals surface area (Å²) in [5.41, 5.74) is 6.20. The Kier molecular flexibility index (Phi) is 16.5. The van der Waals surface area contributed by atoms with Crippen molar-refractivity contribution in [2.75, 3.05) is 19.6 Å². The van der Waals surface area contributed by atoms with E-state index < -0.39 is 0 Å². The first kappa shape index (κ1) is 39.6. The predicted octanol–water partition coefficient (Wildman–Crippen LogP) is 11.4. The van der Waals surface area contributed by atoms with Crippen molar-refractivity contribution in [3.8, 4) is 0 Å². The van der Waals surface area contributed by atoms with Gasteiger partial charge >= 0.3 is 0 Å². The fourth-order valence-corrected chi connectivity index (χ4v) is 7.62. The van der Waals surface area contributed by atoms with E-state index in [4.69, 9.17) is 0 Å². The van der Waals surface area contributed by atoms with Gasteiger partial charge in [0.05, 0.1) is 19.6 Å². The maximum absolute atomic E-state index is 13.9. The van der Waals surface area contributed by atoms with Gasteiger partial charge < -0.3 is 4.48 Å². The number of carbonyl (C=O) groups is 1. The van der Waals surface area contributed by atoms with Crippen LogP contribution in [0.25, 0.3) is 0 Å². The topological polar surface area (TPSA) is 17.1 Å². The van der Waals surface area contributed by atoms with E-state index in [0.717, 1.165) is 29.7 Å². The Bertz CT molecular complexity index is 1520. The molecule has 0 N–H and O–H groups in total. The van der Waals surface area contributed by atoms with Gasteiger partial charge in [-0.3, -0.25) is 4.79 Å². The minimum absolute atomic E-state index is 0.0297. The molecule has 0 fully saturated rings. The van der Waals surface area contributed by atoms with Crippen LogP contribution in [0.15, 0.2) is 152 Å². The standard InChI is InChI=1S/C26H38NO.C22H24B/c1-4-7-20-27(21-8-5-2,22-9-6-3)25(23-16-12-10-13-17-23)26(28)24-18-14-11-15-19-24;23-18-10-17-22(19-11-4-1-5-12-19,20-13-6-2-7-14-20)21-15-8-3-9-16-21/h10-19,25H,4-9,20-22H2,1-3H3;1-9,11-16H,10,17-18H2,23H3/q+1;-1. The molecule has 0 radical (unpaired) electrons. The molecular formula is C48H62BNO. The number of Topliss-reactive ketones (excluding diaryl/α,β-unsaturated/α-hetero) is 1. The number of benzene rings is 5. The van der Waals surface area contributed by atoms with E-state index in [0.29, 0.717) is 7.85 Å². The Balaban J connectivity index is 0.000000233. The molecule has 3 heteroatoms. The summed E-state index contributed by atoms with van der Waals surface area (Å²) in [6.45, 7) is 10.00. The van der Waals surface area contributed by atoms with Crippen LogP contribution in [0.5, 0.6) is 0 Å². The monoisotopic (exact) mass is 679 g/mol. The lowest BCUT2D eigenvalue weighted by Gasteiger charge is -2.45. The van der Waals surface area contributed by atoms with Crippen molar-refractivity contribution in [3.63, 3.8) is 0 Å². The normalized spacial score (nSPS) is 12.1. The first-order chi connectivity index (χ1) is 25.1. The van der Waals surface area contributed by atoms with Crippen LogP contribution in [0.1, 0.15) is 111 Å². The molecule has 51 heavy (non-hydrogen) atoms. The number of carbonyl (C=O) groups excluding carboxylic acids is 1. The smallest absolute Gasteiger partial charge is 0.224 e. The van der Waals surface area contributed by atoms with Crippen LogP contribution in [-0.2, 0) is 5.41 Å². The first-order valence-corrected chi connectivity index (χ1v) is 19.0. The van der Waals surface area contributed by atoms with Crippen molar-refractivity contribution in [1.82, 2.24) is 0 Å². The van der Waals surface area contributed by atoms with Gasteiger partial charge in [0.25, 0.3) is 0 Å². The molecule has 268 valence electrons. The maximum Gasteiger partial charge on any atom is 0.224 e. The number of unbranched alkanes of at least 4 members (excludes halogenated alkanes) is 3. The summed E-state index contributed by atoms with van der Waals surface area (Å²) in [6, 6.07) is 53.4. The average molecular weight is 680 g/mol. The van der Waals surface area contributed by atoms with Crippen molar-refractivity contribution in [2.45, 2.75) is 89.9 Å². The zero-order chi connectivity index (χ0) is 36.2. The molecule has 1 unspecified atom stereocenters. The second-order valence-corrected chi connectivity index (χ2v) is 13.6. The van der Waals surface area contributed by atoms with Crippen LogP contribution in [-0.4, -0.2) is 37.7 Å². The highest BCUT2D eigenvalue weighted by Crippen LogP contribution is 2.43. The van der Waals surface area contributed by atoms with Crippen molar-refractivity contribution in [2.24, 2.45) is 0 Å². The van der Waals surface area contributed by atoms with E-state index in [9.17, 15) is 4.79 Å². The van der Waals surface area contributed by atoms with E-state index in [-0.39, 0.29) is 17.2 Å². The zero-order valence-electron chi connectivity index (χ0n) is 30.9. The summed E-state index contributed by atoms with van der Waals surface area (Å²) in [5, 5.41) is 0. The number of hydrogen-bond acceptors (Lipinski definition) is 1. The molecule has 5 aromatic rings. The van der Waals surface area contributed by atoms with Gasteiger partial charge in [-0.05, 0) is 50.2 Å². The lowest BCUT2D eigenvalue weighted by Crippen LogP contribution is -2.55. The summed E-state index contributed by atoms with van der Waals surface area (Å²) in [6.07, 6.45) is 11.0. The third-order valence-electron chi connectivity index (χ3n) is 10.2. The van der Waals surface area contributed by atoms with E-state index >= 15 is 0 Å². The second kappa shape index (κ2) is 21.2. The molecule has 0 saturated heterocycles. The van der Waals surface area contributed by atoms with Gasteiger partial charge in [0, 0.05) is 16.5 Å². The van der Waals surface area contributed by atoms with Crippen LogP contribution in [0.4, 0.5) is 0 Å². The predicted molar refractivity (Wildman–Crippen MR) is 223 cm³/mol. The van der Waals surface area contributed by atoms with Gasteiger partial charge in [-0.2, -0.15) is 6.32 Å². The van der Waals surface area contributed by atoms with Crippen LogP contribution in [0, 0.1) is 0 Å². The van der Waals surface area contributed by atoms with Crippen molar-refractivity contribution < 1.29 is 9.28 Å². The van der Waals surface area contributed by atoms with Gasteiger partial charge in [0.2, 0.25) is 5.78 Å². The van der Waals surface area contributed by atoms with Gasteiger partial charge in [0.1, 0.15) is 0 Å². The Labute approximate surface area is 311 Å². The third-order valence-corrected chi connectivity index (χ3v) is 10.2. The zero-order valence-corrected chi connectivity index (χ0v) is 30.9. The molecule has 0 heterocycles. The summed E-state index contributed by atoms with van der Waals surface area (Å²) < 4.78 is 0.896. The van der Waals surface area contributed by atoms with Gasteiger partial charge in [0.15, 0.2) is 6.04 Å². The SMILES string of the molecule is CCCC[N+](CCCC)(CCCC)C(C(=O)c1ccccc1)c1ccccc1.[BH3-]CCCC(c1ccccc1)(c1ccccc1)c1ccccc1. The molecule has 0 aromatic heterocycles. The molecule has 5 aromatic carbocycles. The fourth-order valence-electron chi connectivity index (χ4n) is 7.62. The molecular weight excluding hydrogens is 617 g/mol. The molecule has 0 bridgehead atoms. The molecule has 0 aliphatic heterocycles. The average Bonchev–Trinajstić information content (AvgIpc) is 3.21. The van der Waals surface area contributed by atoms with Crippen LogP contribution in [0.3, 0.4) is 0 Å². The van der Waals surface area contributed by atoms with Gasteiger partial charge in [-0.25, -0.2) is 0 Å². The molecule has 5 rings (SSSR count). The van der Waals surface area contributed by atoms with Crippen LogP contribution in [0.2, 0.25) is 6.32 Å². The Hall–Kier alpha value is -4.21. The van der Waals surface area contributed by atoms with Crippen molar-refractivity contribution in [3.05, 3.63) is 179 Å². The highest BCUT2D eigenvalue weighted by molar-refractivity contribution is 6.08. The number of nitrogens with zero attached hydrogens (tertiary/aromatic N) is 1. The van der Waals surface area contributed by atoms with Gasteiger partial charge in [-0.1, -0.05) is 198 Å². The van der Waals surface area contributed by atoms with E-state index in [2.05, 4.69) is 136 Å².